The zero-order valence-corrected chi connectivity index (χ0v) is 15.5. The Hall–Kier alpha value is -3.52. The SMILES string of the molecule is COc1cccc(-c2cc(C)[nH]c(=O)c2C#N)c1OCc1ccc(C)cc1. The van der Waals surface area contributed by atoms with Crippen molar-refractivity contribution in [1.29, 1.82) is 5.26 Å². The number of nitriles is 1. The minimum atomic E-state index is -0.417. The Balaban J connectivity index is 2.09. The second-order valence-electron chi connectivity index (χ2n) is 6.29. The van der Waals surface area contributed by atoms with Gasteiger partial charge in [0.1, 0.15) is 18.2 Å². The Morgan fingerprint density at radius 2 is 1.81 bits per heavy atom. The van der Waals surface area contributed by atoms with Crippen LogP contribution in [-0.2, 0) is 6.61 Å². The van der Waals surface area contributed by atoms with E-state index in [-0.39, 0.29) is 5.56 Å². The molecule has 0 saturated carbocycles. The number of aromatic nitrogens is 1. The Kier molecular flexibility index (Phi) is 5.28. The molecule has 0 atom stereocenters. The lowest BCUT2D eigenvalue weighted by molar-refractivity contribution is 0.286. The monoisotopic (exact) mass is 360 g/mol. The largest absolute Gasteiger partial charge is 0.493 e. The van der Waals surface area contributed by atoms with Crippen molar-refractivity contribution in [2.24, 2.45) is 0 Å². The molecule has 0 fully saturated rings. The second kappa shape index (κ2) is 7.79. The molecule has 27 heavy (non-hydrogen) atoms. The molecular weight excluding hydrogens is 340 g/mol. The summed E-state index contributed by atoms with van der Waals surface area (Å²) in [5, 5.41) is 9.46. The molecule has 1 heterocycles. The number of para-hydroxylation sites is 1. The van der Waals surface area contributed by atoms with E-state index in [9.17, 15) is 10.1 Å². The molecule has 1 N–H and O–H groups in total. The first-order chi connectivity index (χ1) is 13.0. The van der Waals surface area contributed by atoms with Crippen molar-refractivity contribution in [2.75, 3.05) is 7.11 Å². The van der Waals surface area contributed by atoms with Gasteiger partial charge in [0.25, 0.3) is 5.56 Å². The van der Waals surface area contributed by atoms with Gasteiger partial charge in [0.2, 0.25) is 0 Å². The number of hydrogen-bond donors (Lipinski definition) is 1. The molecule has 136 valence electrons. The van der Waals surface area contributed by atoms with Crippen LogP contribution in [0.3, 0.4) is 0 Å². The van der Waals surface area contributed by atoms with Crippen LogP contribution >= 0.6 is 0 Å². The van der Waals surface area contributed by atoms with Crippen molar-refractivity contribution in [2.45, 2.75) is 20.5 Å². The molecule has 0 saturated heterocycles. The van der Waals surface area contributed by atoms with E-state index in [1.54, 1.807) is 26.2 Å². The second-order valence-corrected chi connectivity index (χ2v) is 6.29. The average Bonchev–Trinajstić information content (AvgIpc) is 2.66. The van der Waals surface area contributed by atoms with Gasteiger partial charge in [0.05, 0.1) is 7.11 Å². The van der Waals surface area contributed by atoms with Crippen LogP contribution in [0.5, 0.6) is 11.5 Å². The first kappa shape index (κ1) is 18.3. The highest BCUT2D eigenvalue weighted by Crippen LogP contribution is 2.39. The molecule has 0 spiro atoms. The Morgan fingerprint density at radius 1 is 1.07 bits per heavy atom. The highest BCUT2D eigenvalue weighted by Gasteiger charge is 2.18. The molecular formula is C22H20N2O3. The summed E-state index contributed by atoms with van der Waals surface area (Å²) in [5.74, 6) is 1.04. The topological polar surface area (TPSA) is 75.1 Å². The van der Waals surface area contributed by atoms with Gasteiger partial charge >= 0.3 is 0 Å². The summed E-state index contributed by atoms with van der Waals surface area (Å²) in [6.07, 6.45) is 0. The van der Waals surface area contributed by atoms with Gasteiger partial charge in [-0.1, -0.05) is 42.0 Å². The number of rotatable bonds is 5. The van der Waals surface area contributed by atoms with Gasteiger partial charge < -0.3 is 14.5 Å². The van der Waals surface area contributed by atoms with Gasteiger partial charge in [0.15, 0.2) is 11.5 Å². The van der Waals surface area contributed by atoms with Gasteiger partial charge in [-0.3, -0.25) is 4.79 Å². The third kappa shape index (κ3) is 3.85. The fraction of sp³-hybridized carbons (Fsp3) is 0.182. The molecule has 0 unspecified atom stereocenters. The maximum Gasteiger partial charge on any atom is 0.266 e. The van der Waals surface area contributed by atoms with Crippen molar-refractivity contribution in [1.82, 2.24) is 4.98 Å². The molecule has 0 radical (unpaired) electrons. The molecule has 2 aromatic carbocycles. The van der Waals surface area contributed by atoms with Gasteiger partial charge in [-0.25, -0.2) is 0 Å². The summed E-state index contributed by atoms with van der Waals surface area (Å²) < 4.78 is 11.5. The van der Waals surface area contributed by atoms with E-state index in [1.165, 1.54) is 5.56 Å². The van der Waals surface area contributed by atoms with E-state index >= 15 is 0 Å². The minimum Gasteiger partial charge on any atom is -0.493 e. The lowest BCUT2D eigenvalue weighted by atomic mass is 9.99. The van der Waals surface area contributed by atoms with Gasteiger partial charge in [-0.05, 0) is 31.5 Å². The Labute approximate surface area is 157 Å². The predicted molar refractivity (Wildman–Crippen MR) is 104 cm³/mol. The maximum absolute atomic E-state index is 12.2. The number of benzene rings is 2. The van der Waals surface area contributed by atoms with E-state index < -0.39 is 5.56 Å². The Morgan fingerprint density at radius 3 is 2.48 bits per heavy atom. The fourth-order valence-corrected chi connectivity index (χ4v) is 2.89. The van der Waals surface area contributed by atoms with Gasteiger partial charge in [-0.15, -0.1) is 0 Å². The number of hydrogen-bond acceptors (Lipinski definition) is 4. The number of aromatic amines is 1. The smallest absolute Gasteiger partial charge is 0.266 e. The summed E-state index contributed by atoms with van der Waals surface area (Å²) in [4.78, 5) is 14.9. The van der Waals surface area contributed by atoms with Gasteiger partial charge in [0, 0.05) is 16.8 Å². The summed E-state index contributed by atoms with van der Waals surface area (Å²) in [7, 11) is 1.56. The van der Waals surface area contributed by atoms with Crippen LogP contribution in [0, 0.1) is 25.2 Å². The first-order valence-electron chi connectivity index (χ1n) is 8.53. The van der Waals surface area contributed by atoms with Crippen LogP contribution < -0.4 is 15.0 Å². The van der Waals surface area contributed by atoms with Gasteiger partial charge in [-0.2, -0.15) is 5.26 Å². The number of aryl methyl sites for hydroxylation is 2. The molecule has 0 bridgehead atoms. The van der Waals surface area contributed by atoms with Crippen LogP contribution in [0.15, 0.2) is 53.3 Å². The number of ether oxygens (including phenoxy) is 2. The van der Waals surface area contributed by atoms with Crippen LogP contribution in [0.2, 0.25) is 0 Å². The number of methoxy groups -OCH3 is 1. The quantitative estimate of drug-likeness (QED) is 0.743. The zero-order chi connectivity index (χ0) is 19.4. The van der Waals surface area contributed by atoms with E-state index in [2.05, 4.69) is 4.98 Å². The van der Waals surface area contributed by atoms with Crippen molar-refractivity contribution < 1.29 is 9.47 Å². The molecule has 0 aliphatic heterocycles. The summed E-state index contributed by atoms with van der Waals surface area (Å²) in [6.45, 7) is 4.15. The van der Waals surface area contributed by atoms with Crippen LogP contribution in [-0.4, -0.2) is 12.1 Å². The summed E-state index contributed by atoms with van der Waals surface area (Å²) in [5.41, 5.74) is 3.66. The first-order valence-corrected chi connectivity index (χ1v) is 8.53. The normalized spacial score (nSPS) is 10.3. The minimum absolute atomic E-state index is 0.0500. The molecule has 1 aromatic heterocycles. The van der Waals surface area contributed by atoms with Crippen molar-refractivity contribution in [3.05, 3.63) is 81.3 Å². The molecule has 3 rings (SSSR count). The number of nitrogens with one attached hydrogen (secondary N) is 1. The molecule has 0 amide bonds. The van der Waals surface area contributed by atoms with E-state index in [0.29, 0.717) is 34.9 Å². The number of H-pyrrole nitrogens is 1. The highest BCUT2D eigenvalue weighted by atomic mass is 16.5. The lowest BCUT2D eigenvalue weighted by Crippen LogP contribution is -2.13. The maximum atomic E-state index is 12.2. The number of nitrogens with zero attached hydrogens (tertiary/aromatic N) is 1. The van der Waals surface area contributed by atoms with Crippen molar-refractivity contribution in [3.8, 4) is 28.7 Å². The highest BCUT2D eigenvalue weighted by molar-refractivity contribution is 5.78. The van der Waals surface area contributed by atoms with Crippen molar-refractivity contribution in [3.63, 3.8) is 0 Å². The average molecular weight is 360 g/mol. The van der Waals surface area contributed by atoms with Crippen LogP contribution in [0.4, 0.5) is 0 Å². The third-order valence-corrected chi connectivity index (χ3v) is 4.27. The summed E-state index contributed by atoms with van der Waals surface area (Å²) in [6, 6.07) is 17.2. The van der Waals surface area contributed by atoms with Crippen LogP contribution in [0.25, 0.3) is 11.1 Å². The predicted octanol–water partition coefficient (Wildman–Crippen LogP) is 4.12. The lowest BCUT2D eigenvalue weighted by Gasteiger charge is -2.16. The van der Waals surface area contributed by atoms with Crippen molar-refractivity contribution >= 4 is 0 Å². The van der Waals surface area contributed by atoms with E-state index in [1.807, 2.05) is 49.4 Å². The number of pyridine rings is 1. The molecule has 5 nitrogen and oxygen atoms in total. The molecule has 3 aromatic rings. The summed E-state index contributed by atoms with van der Waals surface area (Å²) >= 11 is 0. The molecule has 0 aliphatic carbocycles. The fourth-order valence-electron chi connectivity index (χ4n) is 2.89. The zero-order valence-electron chi connectivity index (χ0n) is 15.5. The standard InChI is InChI=1S/C22H20N2O3/c1-14-7-9-16(10-8-14)13-27-21-17(5-4-6-20(21)26-3)18-11-15(2)24-22(25)19(18)12-23/h4-11H,13H2,1-3H3,(H,24,25). The Bertz CT molecular complexity index is 1060. The van der Waals surface area contributed by atoms with E-state index in [4.69, 9.17) is 9.47 Å². The van der Waals surface area contributed by atoms with Crippen LogP contribution in [0.1, 0.15) is 22.4 Å². The third-order valence-electron chi connectivity index (χ3n) is 4.27. The van der Waals surface area contributed by atoms with E-state index in [0.717, 1.165) is 5.56 Å². The molecule has 0 aliphatic rings. The molecule has 5 heteroatoms.